The van der Waals surface area contributed by atoms with E-state index >= 15 is 0 Å². The van der Waals surface area contributed by atoms with Crippen LogP contribution in [0, 0.1) is 6.92 Å². The molecule has 2 aromatic heterocycles. The summed E-state index contributed by atoms with van der Waals surface area (Å²) in [6.45, 7) is 1.95. The Morgan fingerprint density at radius 2 is 2.12 bits per heavy atom. The molecule has 3 nitrogen and oxygen atoms in total. The summed E-state index contributed by atoms with van der Waals surface area (Å²) in [5, 5.41) is 6.57. The topological polar surface area (TPSA) is 30.2 Å². The number of aryl methyl sites for hydroxylation is 1. The zero-order valence-electron chi connectivity index (χ0n) is 8.82. The number of halogens is 2. The highest BCUT2D eigenvalue weighted by Gasteiger charge is 2.11. The smallest absolute Gasteiger partial charge is 0.212 e. The minimum atomic E-state index is 0.636. The standard InChI is InChI=1S/C11H7Cl2N3S/c1-6-15-16-5-10(14-11(16)17-6)8-4-7(12)2-3-9(8)13/h2-5H,1H3. The zero-order valence-corrected chi connectivity index (χ0v) is 11.1. The minimum Gasteiger partial charge on any atom is -0.217 e. The van der Waals surface area contributed by atoms with Crippen LogP contribution in [0.25, 0.3) is 16.2 Å². The second kappa shape index (κ2) is 3.98. The maximum absolute atomic E-state index is 6.13. The molecular formula is C11H7Cl2N3S. The number of hydrogen-bond donors (Lipinski definition) is 0. The molecule has 17 heavy (non-hydrogen) atoms. The van der Waals surface area contributed by atoms with Gasteiger partial charge in [0, 0.05) is 10.6 Å². The molecule has 1 aromatic carbocycles. The fourth-order valence-electron chi connectivity index (χ4n) is 1.62. The van der Waals surface area contributed by atoms with Gasteiger partial charge in [0.1, 0.15) is 5.01 Å². The van der Waals surface area contributed by atoms with E-state index in [0.29, 0.717) is 10.0 Å². The fourth-order valence-corrected chi connectivity index (χ4v) is 2.73. The minimum absolute atomic E-state index is 0.636. The molecule has 0 spiro atoms. The van der Waals surface area contributed by atoms with Crippen LogP contribution in [-0.4, -0.2) is 14.6 Å². The van der Waals surface area contributed by atoms with Crippen molar-refractivity contribution < 1.29 is 0 Å². The maximum Gasteiger partial charge on any atom is 0.212 e. The molecule has 0 N–H and O–H groups in total. The summed E-state index contributed by atoms with van der Waals surface area (Å²) in [7, 11) is 0. The van der Waals surface area contributed by atoms with Crippen molar-refractivity contribution in [3.8, 4) is 11.3 Å². The van der Waals surface area contributed by atoms with Gasteiger partial charge in [0.15, 0.2) is 0 Å². The molecular weight excluding hydrogens is 277 g/mol. The molecule has 0 radical (unpaired) electrons. The van der Waals surface area contributed by atoms with E-state index < -0.39 is 0 Å². The Morgan fingerprint density at radius 1 is 1.29 bits per heavy atom. The molecule has 0 bridgehead atoms. The monoisotopic (exact) mass is 283 g/mol. The van der Waals surface area contributed by atoms with E-state index in [1.165, 1.54) is 0 Å². The van der Waals surface area contributed by atoms with Gasteiger partial charge in [-0.05, 0) is 25.1 Å². The Bertz CT molecular complexity index is 670. The summed E-state index contributed by atoms with van der Waals surface area (Å²) in [6, 6.07) is 5.34. The normalized spacial score (nSPS) is 11.2. The Hall–Kier alpha value is -1.10. The van der Waals surface area contributed by atoms with E-state index in [1.807, 2.05) is 19.2 Å². The van der Waals surface area contributed by atoms with Gasteiger partial charge in [-0.15, -0.1) is 0 Å². The first-order chi connectivity index (χ1) is 8.13. The molecule has 0 fully saturated rings. The van der Waals surface area contributed by atoms with E-state index in [4.69, 9.17) is 23.2 Å². The van der Waals surface area contributed by atoms with Crippen LogP contribution in [0.3, 0.4) is 0 Å². The summed E-state index contributed by atoms with van der Waals surface area (Å²) >= 11 is 13.6. The lowest BCUT2D eigenvalue weighted by Gasteiger charge is -2.00. The lowest BCUT2D eigenvalue weighted by molar-refractivity contribution is 0.946. The third kappa shape index (κ3) is 1.92. The predicted octanol–water partition coefficient (Wildman–Crippen LogP) is 4.07. The number of hydrogen-bond acceptors (Lipinski definition) is 3. The van der Waals surface area contributed by atoms with Crippen LogP contribution >= 0.6 is 34.5 Å². The molecule has 0 saturated carbocycles. The van der Waals surface area contributed by atoms with Crippen LogP contribution in [0.15, 0.2) is 24.4 Å². The van der Waals surface area contributed by atoms with Crippen LogP contribution in [0.5, 0.6) is 0 Å². The van der Waals surface area contributed by atoms with Crippen molar-refractivity contribution >= 4 is 39.5 Å². The van der Waals surface area contributed by atoms with Gasteiger partial charge in [-0.25, -0.2) is 9.50 Å². The van der Waals surface area contributed by atoms with Crippen LogP contribution in [0.2, 0.25) is 10.0 Å². The lowest BCUT2D eigenvalue weighted by Crippen LogP contribution is -1.81. The molecule has 0 saturated heterocycles. The van der Waals surface area contributed by atoms with Gasteiger partial charge in [-0.3, -0.25) is 0 Å². The third-order valence-electron chi connectivity index (χ3n) is 2.35. The largest absolute Gasteiger partial charge is 0.217 e. The van der Waals surface area contributed by atoms with Crippen molar-refractivity contribution in [1.82, 2.24) is 14.6 Å². The molecule has 2 heterocycles. The van der Waals surface area contributed by atoms with Gasteiger partial charge in [0.2, 0.25) is 4.96 Å². The molecule has 86 valence electrons. The van der Waals surface area contributed by atoms with Crippen LogP contribution in [-0.2, 0) is 0 Å². The molecule has 0 aliphatic rings. The fraction of sp³-hybridized carbons (Fsp3) is 0.0909. The van der Waals surface area contributed by atoms with E-state index in [9.17, 15) is 0 Å². The summed E-state index contributed by atoms with van der Waals surface area (Å²) in [6.07, 6.45) is 1.86. The molecule has 0 aliphatic heterocycles. The number of rotatable bonds is 1. The van der Waals surface area contributed by atoms with Gasteiger partial charge in [0.25, 0.3) is 0 Å². The Balaban J connectivity index is 2.19. The maximum atomic E-state index is 6.13. The number of benzene rings is 1. The van der Waals surface area contributed by atoms with Crippen molar-refractivity contribution in [3.05, 3.63) is 39.4 Å². The third-order valence-corrected chi connectivity index (χ3v) is 3.75. The first kappa shape index (κ1) is 11.0. The molecule has 6 heteroatoms. The molecule has 3 aromatic rings. The molecule has 3 rings (SSSR count). The molecule has 0 aliphatic carbocycles. The van der Waals surface area contributed by atoms with Gasteiger partial charge >= 0.3 is 0 Å². The van der Waals surface area contributed by atoms with E-state index in [1.54, 1.807) is 28.0 Å². The number of imidazole rings is 1. The summed E-state index contributed by atoms with van der Waals surface area (Å²) in [5.41, 5.74) is 1.62. The molecule has 0 atom stereocenters. The van der Waals surface area contributed by atoms with Gasteiger partial charge < -0.3 is 0 Å². The van der Waals surface area contributed by atoms with Gasteiger partial charge in [0.05, 0.1) is 16.9 Å². The number of aromatic nitrogens is 3. The van der Waals surface area contributed by atoms with Gasteiger partial charge in [-0.2, -0.15) is 5.10 Å². The highest BCUT2D eigenvalue weighted by Crippen LogP contribution is 2.30. The summed E-state index contributed by atoms with van der Waals surface area (Å²) < 4.78 is 1.76. The summed E-state index contributed by atoms with van der Waals surface area (Å²) in [4.78, 5) is 5.34. The second-order valence-corrected chi connectivity index (χ2v) is 5.60. The molecule has 0 unspecified atom stereocenters. The molecule has 0 amide bonds. The number of fused-ring (bicyclic) bond motifs is 1. The highest BCUT2D eigenvalue weighted by molar-refractivity contribution is 7.16. The average molecular weight is 284 g/mol. The SMILES string of the molecule is Cc1nn2cc(-c3cc(Cl)ccc3Cl)nc2s1. The Labute approximate surface area is 112 Å². The zero-order chi connectivity index (χ0) is 12.0. The lowest BCUT2D eigenvalue weighted by atomic mass is 10.2. The Kier molecular flexibility index (Phi) is 2.58. The van der Waals surface area contributed by atoms with Gasteiger partial charge in [-0.1, -0.05) is 34.5 Å². The highest BCUT2D eigenvalue weighted by atomic mass is 35.5. The van der Waals surface area contributed by atoms with Crippen molar-refractivity contribution in [2.45, 2.75) is 6.92 Å². The van der Waals surface area contributed by atoms with Crippen molar-refractivity contribution in [1.29, 1.82) is 0 Å². The van der Waals surface area contributed by atoms with Crippen LogP contribution in [0.4, 0.5) is 0 Å². The van der Waals surface area contributed by atoms with E-state index in [0.717, 1.165) is 21.2 Å². The first-order valence-corrected chi connectivity index (χ1v) is 6.49. The van der Waals surface area contributed by atoms with E-state index in [-0.39, 0.29) is 0 Å². The van der Waals surface area contributed by atoms with Crippen LogP contribution < -0.4 is 0 Å². The van der Waals surface area contributed by atoms with Crippen LogP contribution in [0.1, 0.15) is 5.01 Å². The second-order valence-electron chi connectivity index (χ2n) is 3.60. The van der Waals surface area contributed by atoms with Crippen molar-refractivity contribution in [2.75, 3.05) is 0 Å². The average Bonchev–Trinajstić information content (AvgIpc) is 2.78. The predicted molar refractivity (Wildman–Crippen MR) is 71.1 cm³/mol. The van der Waals surface area contributed by atoms with E-state index in [2.05, 4.69) is 10.1 Å². The first-order valence-electron chi connectivity index (χ1n) is 4.92. The van der Waals surface area contributed by atoms with Crippen molar-refractivity contribution in [2.24, 2.45) is 0 Å². The quantitative estimate of drug-likeness (QED) is 0.674. The summed E-state index contributed by atoms with van der Waals surface area (Å²) in [5.74, 6) is 0. The Morgan fingerprint density at radius 3 is 2.88 bits per heavy atom. The number of nitrogens with zero attached hydrogens (tertiary/aromatic N) is 3. The van der Waals surface area contributed by atoms with Crippen molar-refractivity contribution in [3.63, 3.8) is 0 Å².